The highest BCUT2D eigenvalue weighted by molar-refractivity contribution is 5.93. The minimum Gasteiger partial charge on any atom is -0.346 e. The maximum Gasteiger partial charge on any atom is 0.418 e. The Morgan fingerprint density at radius 3 is 1.90 bits per heavy atom. The summed E-state index contributed by atoms with van der Waals surface area (Å²) in [5, 5.41) is 4.04. The Kier molecular flexibility index (Phi) is 7.47. The van der Waals surface area contributed by atoms with Crippen LogP contribution in [0.2, 0.25) is 0 Å². The highest BCUT2D eigenvalue weighted by Gasteiger charge is 2.33. The number of carbonyl (C=O) groups is 2. The Morgan fingerprint density at radius 2 is 1.38 bits per heavy atom. The number of hydrogen-bond donors (Lipinski definition) is 2. The Bertz CT molecular complexity index is 715. The third kappa shape index (κ3) is 7.89. The Hall–Kier alpha value is -2.34. The van der Waals surface area contributed by atoms with Crippen LogP contribution in [0.4, 0.5) is 32.0 Å². The summed E-state index contributed by atoms with van der Waals surface area (Å²) in [5.74, 6) is -1.37. The zero-order valence-corrected chi connectivity index (χ0v) is 15.2. The van der Waals surface area contributed by atoms with E-state index in [4.69, 9.17) is 0 Å². The molecule has 6 nitrogen and oxygen atoms in total. The van der Waals surface area contributed by atoms with E-state index in [2.05, 4.69) is 5.32 Å². The van der Waals surface area contributed by atoms with Crippen LogP contribution in [0.3, 0.4) is 0 Å². The Morgan fingerprint density at radius 1 is 0.862 bits per heavy atom. The maximum absolute atomic E-state index is 13.0. The van der Waals surface area contributed by atoms with E-state index in [0.29, 0.717) is 26.2 Å². The van der Waals surface area contributed by atoms with Gasteiger partial charge in [0, 0.05) is 26.2 Å². The topological polar surface area (TPSA) is 64.7 Å². The molecule has 2 rings (SSSR count). The first-order valence-electron chi connectivity index (χ1n) is 8.68. The highest BCUT2D eigenvalue weighted by atomic mass is 19.4. The molecule has 0 unspecified atom stereocenters. The van der Waals surface area contributed by atoms with Gasteiger partial charge in [0.25, 0.3) is 0 Å². The van der Waals surface area contributed by atoms with E-state index in [1.165, 1.54) is 12.1 Å². The second-order valence-electron chi connectivity index (χ2n) is 6.54. The van der Waals surface area contributed by atoms with Gasteiger partial charge in [0.05, 0.1) is 24.3 Å². The molecule has 1 heterocycles. The quantitative estimate of drug-likeness (QED) is 0.683. The molecule has 1 saturated heterocycles. The molecule has 162 valence electrons. The monoisotopic (exact) mass is 426 g/mol. The smallest absolute Gasteiger partial charge is 0.346 e. The standard InChI is InChI=1S/C17H20F6N4O2/c18-16(19,20)11-24-14(28)9-26-5-7-27(8-6-26)10-15(29)25-13-4-2-1-3-12(13)17(21,22)23/h1-4H,5-11H2,(H,24,28)(H,25,29). The number of benzene rings is 1. The van der Waals surface area contributed by atoms with Crippen molar-refractivity contribution in [3.05, 3.63) is 29.8 Å². The molecule has 1 aliphatic rings. The summed E-state index contributed by atoms with van der Waals surface area (Å²) in [6.07, 6.45) is -9.07. The molecule has 1 aromatic carbocycles. The zero-order valence-electron chi connectivity index (χ0n) is 15.2. The SMILES string of the molecule is O=C(CN1CCN(CC(=O)Nc2ccccc2C(F)(F)F)CC1)NCC(F)(F)F. The van der Waals surface area contributed by atoms with E-state index < -0.39 is 36.3 Å². The van der Waals surface area contributed by atoms with Crippen molar-refractivity contribution < 1.29 is 35.9 Å². The van der Waals surface area contributed by atoms with Crippen LogP contribution >= 0.6 is 0 Å². The number of piperazine rings is 1. The van der Waals surface area contributed by atoms with Gasteiger partial charge in [0.2, 0.25) is 11.8 Å². The van der Waals surface area contributed by atoms with Crippen LogP contribution in [-0.2, 0) is 15.8 Å². The number of alkyl halides is 6. The average molecular weight is 426 g/mol. The molecule has 1 aliphatic heterocycles. The Labute approximate surface area is 162 Å². The third-order valence-corrected chi connectivity index (χ3v) is 4.19. The van der Waals surface area contributed by atoms with Crippen LogP contribution in [0.1, 0.15) is 5.56 Å². The number of anilines is 1. The number of amides is 2. The molecule has 0 aromatic heterocycles. The predicted molar refractivity (Wildman–Crippen MR) is 92.0 cm³/mol. The fourth-order valence-electron chi connectivity index (χ4n) is 2.80. The first-order chi connectivity index (χ1) is 13.4. The van der Waals surface area contributed by atoms with Crippen LogP contribution < -0.4 is 10.6 Å². The van der Waals surface area contributed by atoms with Crippen molar-refractivity contribution in [2.75, 3.05) is 51.1 Å². The van der Waals surface area contributed by atoms with E-state index in [1.54, 1.807) is 15.1 Å². The van der Waals surface area contributed by atoms with Gasteiger partial charge in [-0.05, 0) is 12.1 Å². The highest BCUT2D eigenvalue weighted by Crippen LogP contribution is 2.34. The summed E-state index contributed by atoms with van der Waals surface area (Å²) in [4.78, 5) is 26.9. The van der Waals surface area contributed by atoms with Crippen LogP contribution in [0.5, 0.6) is 0 Å². The lowest BCUT2D eigenvalue weighted by atomic mass is 10.1. The number of nitrogens with one attached hydrogen (secondary N) is 2. The van der Waals surface area contributed by atoms with Crippen molar-refractivity contribution in [2.45, 2.75) is 12.4 Å². The number of halogens is 6. The van der Waals surface area contributed by atoms with E-state index in [0.717, 1.165) is 12.1 Å². The molecule has 0 atom stereocenters. The van der Waals surface area contributed by atoms with E-state index >= 15 is 0 Å². The van der Waals surface area contributed by atoms with Crippen LogP contribution in [-0.4, -0.2) is 73.6 Å². The second-order valence-corrected chi connectivity index (χ2v) is 6.54. The number of carbonyl (C=O) groups excluding carboxylic acids is 2. The molecule has 12 heteroatoms. The summed E-state index contributed by atoms with van der Waals surface area (Å²) < 4.78 is 75.1. The molecular formula is C17H20F6N4O2. The first kappa shape index (κ1) is 22.9. The average Bonchev–Trinajstić information content (AvgIpc) is 2.60. The van der Waals surface area contributed by atoms with Crippen molar-refractivity contribution in [3.63, 3.8) is 0 Å². The van der Waals surface area contributed by atoms with Gasteiger partial charge in [-0.3, -0.25) is 19.4 Å². The molecular weight excluding hydrogens is 406 g/mol. The van der Waals surface area contributed by atoms with Crippen LogP contribution in [0, 0.1) is 0 Å². The van der Waals surface area contributed by atoms with Gasteiger partial charge >= 0.3 is 12.4 Å². The number of hydrogen-bond acceptors (Lipinski definition) is 4. The maximum atomic E-state index is 13.0. The largest absolute Gasteiger partial charge is 0.418 e. The van der Waals surface area contributed by atoms with E-state index in [1.807, 2.05) is 0 Å². The number of para-hydroxylation sites is 1. The molecule has 0 spiro atoms. The first-order valence-corrected chi connectivity index (χ1v) is 8.68. The molecule has 0 bridgehead atoms. The molecule has 2 N–H and O–H groups in total. The molecule has 0 radical (unpaired) electrons. The Balaban J connectivity index is 1.77. The van der Waals surface area contributed by atoms with Crippen molar-refractivity contribution in [1.29, 1.82) is 0 Å². The molecule has 2 amide bonds. The van der Waals surface area contributed by atoms with Crippen molar-refractivity contribution in [2.24, 2.45) is 0 Å². The summed E-state index contributed by atoms with van der Waals surface area (Å²) in [6.45, 7) is -0.361. The summed E-state index contributed by atoms with van der Waals surface area (Å²) in [7, 11) is 0. The summed E-state index contributed by atoms with van der Waals surface area (Å²) in [5.41, 5.74) is -1.27. The molecule has 1 fully saturated rings. The summed E-state index contributed by atoms with van der Waals surface area (Å²) in [6, 6.07) is 4.65. The fourth-order valence-corrected chi connectivity index (χ4v) is 2.80. The lowest BCUT2D eigenvalue weighted by Crippen LogP contribution is -2.51. The van der Waals surface area contributed by atoms with Crippen molar-refractivity contribution in [3.8, 4) is 0 Å². The minimum atomic E-state index is -4.60. The minimum absolute atomic E-state index is 0.139. The number of nitrogens with zero attached hydrogens (tertiary/aromatic N) is 2. The van der Waals surface area contributed by atoms with Gasteiger partial charge in [-0.2, -0.15) is 26.3 Å². The van der Waals surface area contributed by atoms with Crippen molar-refractivity contribution >= 4 is 17.5 Å². The molecule has 1 aromatic rings. The summed E-state index contributed by atoms with van der Waals surface area (Å²) >= 11 is 0. The lowest BCUT2D eigenvalue weighted by molar-refractivity contribution is -0.139. The van der Waals surface area contributed by atoms with Gasteiger partial charge in [0.15, 0.2) is 0 Å². The third-order valence-electron chi connectivity index (χ3n) is 4.19. The lowest BCUT2D eigenvalue weighted by Gasteiger charge is -2.33. The zero-order chi connectivity index (χ0) is 21.7. The van der Waals surface area contributed by atoms with Crippen LogP contribution in [0.25, 0.3) is 0 Å². The number of rotatable bonds is 6. The van der Waals surface area contributed by atoms with Crippen LogP contribution in [0.15, 0.2) is 24.3 Å². The normalized spacial score (nSPS) is 16.5. The molecule has 29 heavy (non-hydrogen) atoms. The fraction of sp³-hybridized carbons (Fsp3) is 0.529. The van der Waals surface area contributed by atoms with Gasteiger partial charge in [-0.1, -0.05) is 12.1 Å². The van der Waals surface area contributed by atoms with Crippen molar-refractivity contribution in [1.82, 2.24) is 15.1 Å². The van der Waals surface area contributed by atoms with Gasteiger partial charge in [-0.25, -0.2) is 0 Å². The molecule has 0 saturated carbocycles. The predicted octanol–water partition coefficient (Wildman–Crippen LogP) is 1.94. The second kappa shape index (κ2) is 9.44. The van der Waals surface area contributed by atoms with Gasteiger partial charge in [-0.15, -0.1) is 0 Å². The van der Waals surface area contributed by atoms with Gasteiger partial charge < -0.3 is 10.6 Å². The van der Waals surface area contributed by atoms with E-state index in [9.17, 15) is 35.9 Å². The molecule has 0 aliphatic carbocycles. The van der Waals surface area contributed by atoms with E-state index in [-0.39, 0.29) is 18.8 Å². The van der Waals surface area contributed by atoms with Gasteiger partial charge in [0.1, 0.15) is 6.54 Å².